The summed E-state index contributed by atoms with van der Waals surface area (Å²) in [5.74, 6) is 0.613. The van der Waals surface area contributed by atoms with Gasteiger partial charge in [0.2, 0.25) is 5.91 Å². The van der Waals surface area contributed by atoms with Crippen LogP contribution in [0.3, 0.4) is 0 Å². The number of aryl methyl sites for hydroxylation is 1. The molecular formula is C14H14N4O. The van der Waals surface area contributed by atoms with Crippen molar-refractivity contribution >= 4 is 17.4 Å². The lowest BCUT2D eigenvalue weighted by Gasteiger charge is -2.26. The van der Waals surface area contributed by atoms with Crippen molar-refractivity contribution in [2.24, 2.45) is 0 Å². The molecule has 2 N–H and O–H groups in total. The van der Waals surface area contributed by atoms with Gasteiger partial charge in [-0.15, -0.1) is 0 Å². The van der Waals surface area contributed by atoms with Crippen molar-refractivity contribution in [3.63, 3.8) is 0 Å². The average molecular weight is 254 g/mol. The Morgan fingerprint density at radius 3 is 2.84 bits per heavy atom. The van der Waals surface area contributed by atoms with Crippen LogP contribution in [0, 0.1) is 0 Å². The molecule has 0 unspecified atom stereocenters. The normalized spacial score (nSPS) is 14.4. The molecule has 19 heavy (non-hydrogen) atoms. The lowest BCUT2D eigenvalue weighted by molar-refractivity contribution is -0.118. The monoisotopic (exact) mass is 254 g/mol. The molecule has 1 aliphatic rings. The van der Waals surface area contributed by atoms with Crippen molar-refractivity contribution in [1.29, 1.82) is 0 Å². The molecule has 0 saturated heterocycles. The fourth-order valence-corrected chi connectivity index (χ4v) is 2.35. The lowest BCUT2D eigenvalue weighted by Crippen LogP contribution is -2.30. The van der Waals surface area contributed by atoms with Crippen LogP contribution in [0.4, 0.5) is 11.5 Å². The van der Waals surface area contributed by atoms with Gasteiger partial charge in [-0.25, -0.2) is 9.97 Å². The first-order valence-electron chi connectivity index (χ1n) is 6.12. The fourth-order valence-electron chi connectivity index (χ4n) is 2.35. The number of hydrogen-bond acceptors (Lipinski definition) is 4. The van der Waals surface area contributed by atoms with Crippen molar-refractivity contribution in [1.82, 2.24) is 9.97 Å². The molecule has 5 heteroatoms. The molecule has 0 saturated carbocycles. The van der Waals surface area contributed by atoms with E-state index in [1.807, 2.05) is 19.2 Å². The van der Waals surface area contributed by atoms with Crippen molar-refractivity contribution in [3.05, 3.63) is 36.2 Å². The van der Waals surface area contributed by atoms with Crippen molar-refractivity contribution in [2.45, 2.75) is 12.8 Å². The maximum absolute atomic E-state index is 11.6. The Balaban J connectivity index is 2.05. The minimum Gasteiger partial charge on any atom is -0.384 e. The summed E-state index contributed by atoms with van der Waals surface area (Å²) in [5.41, 5.74) is 9.60. The molecule has 1 aromatic heterocycles. The number of carbonyl (C=O) groups is 1. The van der Waals surface area contributed by atoms with Gasteiger partial charge in [0.15, 0.2) is 0 Å². The first-order valence-corrected chi connectivity index (χ1v) is 6.12. The van der Waals surface area contributed by atoms with E-state index in [2.05, 4.69) is 16.0 Å². The van der Waals surface area contributed by atoms with Gasteiger partial charge in [0, 0.05) is 30.8 Å². The van der Waals surface area contributed by atoms with E-state index in [4.69, 9.17) is 5.73 Å². The smallest absolute Gasteiger partial charge is 0.227 e. The van der Waals surface area contributed by atoms with E-state index in [0.29, 0.717) is 12.2 Å². The molecular weight excluding hydrogens is 240 g/mol. The summed E-state index contributed by atoms with van der Waals surface area (Å²) < 4.78 is 0. The summed E-state index contributed by atoms with van der Waals surface area (Å²) in [7, 11) is 1.81. The van der Waals surface area contributed by atoms with E-state index in [0.717, 1.165) is 28.9 Å². The van der Waals surface area contributed by atoms with Crippen LogP contribution in [0.25, 0.3) is 11.3 Å². The van der Waals surface area contributed by atoms with Crippen LogP contribution < -0.4 is 10.6 Å². The molecule has 3 rings (SSSR count). The van der Waals surface area contributed by atoms with Crippen LogP contribution >= 0.6 is 0 Å². The summed E-state index contributed by atoms with van der Waals surface area (Å²) >= 11 is 0. The predicted molar refractivity (Wildman–Crippen MR) is 73.6 cm³/mol. The SMILES string of the molecule is CN1C(=O)CCc2cc(-c3cc(N)ncn3)ccc21. The Bertz CT molecular complexity index is 654. The number of hydrogen-bond donors (Lipinski definition) is 1. The Labute approximate surface area is 111 Å². The number of benzene rings is 1. The van der Waals surface area contributed by atoms with Crippen LogP contribution in [-0.2, 0) is 11.2 Å². The van der Waals surface area contributed by atoms with Crippen LogP contribution in [0.2, 0.25) is 0 Å². The summed E-state index contributed by atoms with van der Waals surface area (Å²) in [6, 6.07) is 7.73. The Morgan fingerprint density at radius 2 is 2.05 bits per heavy atom. The molecule has 5 nitrogen and oxygen atoms in total. The van der Waals surface area contributed by atoms with Gasteiger partial charge in [0.25, 0.3) is 0 Å². The number of amides is 1. The number of nitrogens with zero attached hydrogens (tertiary/aromatic N) is 3. The van der Waals surface area contributed by atoms with Gasteiger partial charge in [0.05, 0.1) is 5.69 Å². The number of nitrogen functional groups attached to an aromatic ring is 1. The predicted octanol–water partition coefficient (Wildman–Crippen LogP) is 1.63. The largest absolute Gasteiger partial charge is 0.384 e. The molecule has 1 amide bonds. The number of carbonyl (C=O) groups excluding carboxylic acids is 1. The summed E-state index contributed by atoms with van der Waals surface area (Å²) in [6.07, 6.45) is 2.78. The van der Waals surface area contributed by atoms with E-state index >= 15 is 0 Å². The van der Waals surface area contributed by atoms with Gasteiger partial charge in [-0.05, 0) is 24.1 Å². The van der Waals surface area contributed by atoms with Crippen molar-refractivity contribution < 1.29 is 4.79 Å². The van der Waals surface area contributed by atoms with Crippen LogP contribution in [0.15, 0.2) is 30.6 Å². The zero-order chi connectivity index (χ0) is 13.4. The minimum atomic E-state index is 0.159. The van der Waals surface area contributed by atoms with E-state index in [-0.39, 0.29) is 5.91 Å². The second-order valence-electron chi connectivity index (χ2n) is 4.62. The third-order valence-corrected chi connectivity index (χ3v) is 3.41. The van der Waals surface area contributed by atoms with Gasteiger partial charge in [-0.3, -0.25) is 4.79 Å². The molecule has 96 valence electrons. The van der Waals surface area contributed by atoms with Crippen molar-refractivity contribution in [2.75, 3.05) is 17.7 Å². The number of rotatable bonds is 1. The number of fused-ring (bicyclic) bond motifs is 1. The van der Waals surface area contributed by atoms with E-state index < -0.39 is 0 Å². The van der Waals surface area contributed by atoms with E-state index in [9.17, 15) is 4.79 Å². The summed E-state index contributed by atoms with van der Waals surface area (Å²) in [5, 5.41) is 0. The molecule has 2 heterocycles. The number of anilines is 2. The van der Waals surface area contributed by atoms with Gasteiger partial charge in [0.1, 0.15) is 12.1 Å². The second-order valence-corrected chi connectivity index (χ2v) is 4.62. The molecule has 1 aliphatic heterocycles. The van der Waals surface area contributed by atoms with Gasteiger partial charge >= 0.3 is 0 Å². The molecule has 0 atom stereocenters. The quantitative estimate of drug-likeness (QED) is 0.839. The number of aromatic nitrogens is 2. The lowest BCUT2D eigenvalue weighted by atomic mass is 9.98. The standard InChI is InChI=1S/C14H14N4O/c1-18-12-4-2-9(6-10(12)3-5-14(18)19)11-7-13(15)17-8-16-11/h2,4,6-8H,3,5H2,1H3,(H2,15,16,17). The molecule has 0 radical (unpaired) electrons. The minimum absolute atomic E-state index is 0.159. The van der Waals surface area contributed by atoms with Gasteiger partial charge in [-0.2, -0.15) is 0 Å². The van der Waals surface area contributed by atoms with Crippen molar-refractivity contribution in [3.8, 4) is 11.3 Å². The first-order chi connectivity index (χ1) is 9.15. The summed E-state index contributed by atoms with van der Waals surface area (Å²) in [4.78, 5) is 21.5. The van der Waals surface area contributed by atoms with Crippen LogP contribution in [0.1, 0.15) is 12.0 Å². The Morgan fingerprint density at radius 1 is 1.21 bits per heavy atom. The molecule has 0 bridgehead atoms. The maximum atomic E-state index is 11.6. The maximum Gasteiger partial charge on any atom is 0.227 e. The highest BCUT2D eigenvalue weighted by Gasteiger charge is 2.21. The third kappa shape index (κ3) is 2.03. The zero-order valence-electron chi connectivity index (χ0n) is 10.6. The highest BCUT2D eigenvalue weighted by molar-refractivity contribution is 5.96. The summed E-state index contributed by atoms with van der Waals surface area (Å²) in [6.45, 7) is 0. The highest BCUT2D eigenvalue weighted by Crippen LogP contribution is 2.30. The first kappa shape index (κ1) is 11.6. The number of nitrogens with two attached hydrogens (primary N) is 1. The van der Waals surface area contributed by atoms with E-state index in [1.165, 1.54) is 6.33 Å². The molecule has 1 aromatic carbocycles. The fraction of sp³-hybridized carbons (Fsp3) is 0.214. The molecule has 0 aliphatic carbocycles. The topological polar surface area (TPSA) is 72.1 Å². The molecule has 2 aromatic rings. The third-order valence-electron chi connectivity index (χ3n) is 3.41. The van der Waals surface area contributed by atoms with Gasteiger partial charge < -0.3 is 10.6 Å². The zero-order valence-corrected chi connectivity index (χ0v) is 10.6. The van der Waals surface area contributed by atoms with Gasteiger partial charge in [-0.1, -0.05) is 6.07 Å². The Kier molecular flexibility index (Phi) is 2.67. The second kappa shape index (κ2) is 4.35. The van der Waals surface area contributed by atoms with E-state index in [1.54, 1.807) is 11.0 Å². The van der Waals surface area contributed by atoms with Crippen LogP contribution in [-0.4, -0.2) is 22.9 Å². The molecule has 0 spiro atoms. The highest BCUT2D eigenvalue weighted by atomic mass is 16.2. The molecule has 0 fully saturated rings. The Hall–Kier alpha value is -2.43. The van der Waals surface area contributed by atoms with Crippen LogP contribution in [0.5, 0.6) is 0 Å². The average Bonchev–Trinajstić information content (AvgIpc) is 2.43.